The molecule has 133 valence electrons. The number of amides is 1. The second kappa shape index (κ2) is 8.65. The van der Waals surface area contributed by atoms with Gasteiger partial charge in [0.1, 0.15) is 0 Å². The van der Waals surface area contributed by atoms with Crippen molar-refractivity contribution in [3.8, 4) is 0 Å². The van der Waals surface area contributed by atoms with Crippen molar-refractivity contribution in [1.82, 2.24) is 4.90 Å². The maximum absolute atomic E-state index is 12.7. The zero-order valence-electron chi connectivity index (χ0n) is 13.9. The zero-order chi connectivity index (χ0) is 17.2. The Morgan fingerprint density at radius 2 is 1.88 bits per heavy atom. The molecule has 2 rings (SSSR count). The van der Waals surface area contributed by atoms with Crippen molar-refractivity contribution in [3.05, 3.63) is 30.3 Å². The van der Waals surface area contributed by atoms with Crippen molar-refractivity contribution >= 4 is 27.8 Å². The van der Waals surface area contributed by atoms with Crippen LogP contribution in [-0.2, 0) is 44.6 Å². The summed E-state index contributed by atoms with van der Waals surface area (Å²) >= 11 is 0. The quantitative estimate of drug-likeness (QED) is 0.322. The fourth-order valence-corrected chi connectivity index (χ4v) is 4.40. The third-order valence-corrected chi connectivity index (χ3v) is 6.17. The van der Waals surface area contributed by atoms with Crippen LogP contribution in [0.25, 0.3) is 0 Å². The van der Waals surface area contributed by atoms with E-state index in [2.05, 4.69) is 6.07 Å². The number of carbonyl (C=O) groups is 2. The molecule has 0 saturated carbocycles. The first-order chi connectivity index (χ1) is 10.8. The molecule has 1 aromatic rings. The molecule has 25 heavy (non-hydrogen) atoms. The summed E-state index contributed by atoms with van der Waals surface area (Å²) in [5.41, 5.74) is 0. The van der Waals surface area contributed by atoms with Crippen LogP contribution < -0.4 is 0 Å². The van der Waals surface area contributed by atoms with Gasteiger partial charge in [-0.1, -0.05) is 12.8 Å². The van der Waals surface area contributed by atoms with Gasteiger partial charge in [0.25, 0.3) is 0 Å². The molecule has 0 bridgehead atoms. The fraction of sp³-hybridized carbons (Fsp3) is 0.438. The molecule has 1 saturated heterocycles. The molecule has 1 aromatic carbocycles. The van der Waals surface area contributed by atoms with E-state index in [1.54, 1.807) is 6.29 Å². The summed E-state index contributed by atoms with van der Waals surface area (Å²) in [5.74, 6) is -1.89. The Balaban J connectivity index is 0.00000288. The van der Waals surface area contributed by atoms with Gasteiger partial charge < -0.3 is 9.69 Å². The number of ketones is 1. The van der Waals surface area contributed by atoms with E-state index in [0.717, 1.165) is 0 Å². The van der Waals surface area contributed by atoms with Crippen molar-refractivity contribution in [1.29, 1.82) is 0 Å². The van der Waals surface area contributed by atoms with Crippen LogP contribution in [0.5, 0.6) is 0 Å². The van der Waals surface area contributed by atoms with E-state index in [1.807, 2.05) is 0 Å². The molecule has 1 unspecified atom stereocenters. The Kier molecular flexibility index (Phi) is 7.84. The molecule has 1 aliphatic heterocycles. The molecule has 1 aliphatic rings. The second-order valence-electron chi connectivity index (χ2n) is 5.60. The van der Waals surface area contributed by atoms with Crippen molar-refractivity contribution in [2.24, 2.45) is 5.92 Å². The monoisotopic (exact) mass is 789 g/mol. The van der Waals surface area contributed by atoms with Crippen LogP contribution in [0.3, 0.4) is 0 Å². The number of sulfone groups is 1. The minimum Gasteiger partial charge on any atom is -0.541 e. The van der Waals surface area contributed by atoms with Crippen LogP contribution in [0.15, 0.2) is 29.2 Å². The minimum absolute atomic E-state index is 0. The Morgan fingerprint density at radius 1 is 1.32 bits per heavy atom. The number of hydrogen-bond donors (Lipinski definition) is 0. The van der Waals surface area contributed by atoms with Gasteiger partial charge in [-0.15, -0.1) is 0 Å². The van der Waals surface area contributed by atoms with E-state index in [1.165, 1.54) is 43.0 Å². The fourth-order valence-electron chi connectivity index (χ4n) is 2.70. The summed E-state index contributed by atoms with van der Waals surface area (Å²) in [6.45, 7) is 2.59. The number of carbonyl (C=O) groups excluding carboxylic acids is 3. The van der Waals surface area contributed by atoms with Crippen LogP contribution in [0.2, 0.25) is 0 Å². The van der Waals surface area contributed by atoms with Crippen LogP contribution in [-0.4, -0.2) is 49.1 Å². The average Bonchev–Trinajstić information content (AvgIpc) is 3.00. The number of benzene rings is 1. The molecule has 1 heterocycles. The molecule has 6 nitrogen and oxygen atoms in total. The Hall–Kier alpha value is -2.36. The number of rotatable bonds is 5. The third-order valence-electron chi connectivity index (χ3n) is 4.02. The SMILES string of the molecule is CC(=O)[C@@H]1C[C@@H](S(=O)(=O)c2cc[c-]cc2)CN1C(=O)C(C)[C-]=O.[Re].[Rf]. The van der Waals surface area contributed by atoms with Gasteiger partial charge in [0.2, 0.25) is 0 Å². The van der Waals surface area contributed by atoms with Crippen molar-refractivity contribution in [3.63, 3.8) is 0 Å². The number of likely N-dealkylation sites (tertiary alicyclic amines) is 1. The molecule has 0 N–H and O–H groups in total. The number of hydrogen-bond acceptors (Lipinski definition) is 5. The Morgan fingerprint density at radius 3 is 2.36 bits per heavy atom. The van der Waals surface area contributed by atoms with E-state index >= 15 is 0 Å². The van der Waals surface area contributed by atoms with Gasteiger partial charge in [0.05, 0.1) is 11.3 Å². The van der Waals surface area contributed by atoms with Gasteiger partial charge in [-0.3, -0.25) is 15.9 Å². The van der Waals surface area contributed by atoms with E-state index in [9.17, 15) is 22.8 Å². The molecule has 9 heteroatoms. The smallest absolute Gasteiger partial charge is 0.199 e. The number of nitrogens with zero attached hydrogens (tertiary/aromatic N) is 1. The van der Waals surface area contributed by atoms with Gasteiger partial charge in [-0.05, 0) is 18.2 Å². The summed E-state index contributed by atoms with van der Waals surface area (Å²) < 4.78 is 25.3. The molecule has 1 amide bonds. The molecule has 1 fully saturated rings. The minimum atomic E-state index is -3.67. The van der Waals surface area contributed by atoms with Crippen molar-refractivity contribution < 1.29 is 43.2 Å². The van der Waals surface area contributed by atoms with Gasteiger partial charge in [0, 0.05) is 27.0 Å². The van der Waals surface area contributed by atoms with Crippen molar-refractivity contribution in [2.75, 3.05) is 6.54 Å². The predicted octanol–water partition coefficient (Wildman–Crippen LogP) is 0.562. The summed E-state index contributed by atoms with van der Waals surface area (Å²) in [5, 5.41) is -0.874. The molecule has 1 radical (unpaired) electrons. The molecule has 3 atom stereocenters. The van der Waals surface area contributed by atoms with Gasteiger partial charge in [-0.25, -0.2) is 8.42 Å². The van der Waals surface area contributed by atoms with Crippen molar-refractivity contribution in [2.45, 2.75) is 36.5 Å². The van der Waals surface area contributed by atoms with E-state index < -0.39 is 33.0 Å². The van der Waals surface area contributed by atoms with E-state index in [4.69, 9.17) is 0 Å². The largest absolute Gasteiger partial charge is 0.541 e. The third kappa shape index (κ3) is 4.38. The van der Waals surface area contributed by atoms with Gasteiger partial charge >= 0.3 is 0 Å². The van der Waals surface area contributed by atoms with Crippen LogP contribution in [0.1, 0.15) is 20.3 Å². The molecule has 0 aliphatic carbocycles. The summed E-state index contributed by atoms with van der Waals surface area (Å²) in [6, 6.07) is 7.78. The first kappa shape index (κ1) is 22.6. The first-order valence-electron chi connectivity index (χ1n) is 7.17. The summed E-state index contributed by atoms with van der Waals surface area (Å²) in [7, 11) is -3.67. The van der Waals surface area contributed by atoms with Crippen LogP contribution >= 0.6 is 0 Å². The van der Waals surface area contributed by atoms with Crippen LogP contribution in [0.4, 0.5) is 0 Å². The maximum Gasteiger partial charge on any atom is 0.199 e. The molecule has 0 aromatic heterocycles. The summed E-state index contributed by atoms with van der Waals surface area (Å²) in [4.78, 5) is 36.0. The molecular weight excluding hydrogens is 771 g/mol. The topological polar surface area (TPSA) is 88.6 Å². The Labute approximate surface area is 155 Å². The first-order valence-corrected chi connectivity index (χ1v) is 8.72. The van der Waals surface area contributed by atoms with Gasteiger partial charge in [-0.2, -0.15) is 30.3 Å². The van der Waals surface area contributed by atoms with E-state index in [0.29, 0.717) is 0 Å². The second-order valence-corrected chi connectivity index (χ2v) is 7.82. The zero-order valence-corrected chi connectivity index (χ0v) is 23.9. The van der Waals surface area contributed by atoms with E-state index in [-0.39, 0.29) is 44.1 Å². The summed E-state index contributed by atoms with van der Waals surface area (Å²) in [6.07, 6.45) is 1.62. The number of Topliss-reactive ketones (excluding diaryl/α,β-unsaturated/α-hetero) is 1. The average molecular weight is 789 g/mol. The molecule has 0 spiro atoms. The normalized spacial score (nSPS) is 20.8. The van der Waals surface area contributed by atoms with Crippen LogP contribution in [0, 0.1) is 12.0 Å². The maximum atomic E-state index is 12.7. The standard InChI is InChI=1S/C16H17NO5S.Re.Rf/c1-11(10-18)16(20)17-9-14(8-15(17)12(2)19)23(21,22)13-6-4-3-5-7-13;;/h4-7,11,14-15H,8-9H2,1-2H3;;/q-2;;/t11?,14-,15+;;/m1../s1. The predicted molar refractivity (Wildman–Crippen MR) is 81.9 cm³/mol. The Bertz CT molecular complexity index is 725. The van der Waals surface area contributed by atoms with Gasteiger partial charge in [0.15, 0.2) is 21.5 Å². The molecular formula is C16H17NO5ReRfS-2.